The maximum atomic E-state index is 6.34. The van der Waals surface area contributed by atoms with Gasteiger partial charge in [0.2, 0.25) is 0 Å². The lowest BCUT2D eigenvalue weighted by molar-refractivity contribution is -0.288. The summed E-state index contributed by atoms with van der Waals surface area (Å²) in [5, 5.41) is 1.95. The quantitative estimate of drug-likeness (QED) is 0.827. The molecular weight excluding hydrogens is 298 g/mol. The highest BCUT2D eigenvalue weighted by Crippen LogP contribution is 2.52. The number of hydrogen-bond donors (Lipinski definition) is 0. The van der Waals surface area contributed by atoms with Crippen LogP contribution >= 0.6 is 0 Å². The molecular formula is C17H21NO5. The zero-order chi connectivity index (χ0) is 15.4. The third kappa shape index (κ3) is 1.91. The van der Waals surface area contributed by atoms with Crippen LogP contribution in [-0.4, -0.2) is 62.1 Å². The summed E-state index contributed by atoms with van der Waals surface area (Å²) in [6.07, 6.45) is -0.690. The molecule has 124 valence electrons. The van der Waals surface area contributed by atoms with Gasteiger partial charge in [0, 0.05) is 13.0 Å². The Balaban J connectivity index is 1.47. The van der Waals surface area contributed by atoms with E-state index >= 15 is 0 Å². The molecule has 0 saturated carbocycles. The fraction of sp³-hybridized carbons (Fsp3) is 0.647. The molecule has 0 aliphatic carbocycles. The number of rotatable bonds is 3. The highest BCUT2D eigenvalue weighted by molar-refractivity contribution is 5.19. The van der Waals surface area contributed by atoms with E-state index in [9.17, 15) is 0 Å². The van der Waals surface area contributed by atoms with Gasteiger partial charge in [-0.3, -0.25) is 4.84 Å². The van der Waals surface area contributed by atoms with Crippen molar-refractivity contribution in [1.29, 1.82) is 0 Å². The molecule has 0 radical (unpaired) electrons. The lowest BCUT2D eigenvalue weighted by atomic mass is 9.75. The minimum atomic E-state index is -0.353. The zero-order valence-electron chi connectivity index (χ0n) is 13.1. The Morgan fingerprint density at radius 3 is 2.91 bits per heavy atom. The molecule has 0 N–H and O–H groups in total. The SMILES string of the molecule is CN1OC[C@H]2CO[C@@H]3[C@@H]4CO[C@H](O4)[C@@H](OCc4ccccc4)[C@]231. The second-order valence-corrected chi connectivity index (χ2v) is 6.72. The summed E-state index contributed by atoms with van der Waals surface area (Å²) in [4.78, 5) is 5.85. The van der Waals surface area contributed by atoms with Gasteiger partial charge < -0.3 is 18.9 Å². The van der Waals surface area contributed by atoms with Gasteiger partial charge in [0.15, 0.2) is 6.29 Å². The van der Waals surface area contributed by atoms with Crippen molar-refractivity contribution in [3.8, 4) is 0 Å². The molecule has 23 heavy (non-hydrogen) atoms. The summed E-state index contributed by atoms with van der Waals surface area (Å²) < 4.78 is 24.3. The molecule has 4 aliphatic heterocycles. The lowest BCUT2D eigenvalue weighted by Gasteiger charge is -2.48. The van der Waals surface area contributed by atoms with E-state index in [2.05, 4.69) is 12.1 Å². The van der Waals surface area contributed by atoms with E-state index in [1.54, 1.807) is 0 Å². The summed E-state index contributed by atoms with van der Waals surface area (Å²) >= 11 is 0. The number of likely N-dealkylation sites (N-methyl/N-ethyl adjacent to an activating group) is 1. The van der Waals surface area contributed by atoms with Crippen LogP contribution < -0.4 is 0 Å². The van der Waals surface area contributed by atoms with Crippen molar-refractivity contribution >= 4 is 0 Å². The molecule has 4 fully saturated rings. The van der Waals surface area contributed by atoms with E-state index < -0.39 is 0 Å². The Morgan fingerprint density at radius 2 is 2.04 bits per heavy atom. The van der Waals surface area contributed by atoms with E-state index in [0.717, 1.165) is 5.56 Å². The Bertz CT molecular complexity index is 584. The first-order valence-corrected chi connectivity index (χ1v) is 8.21. The normalized spacial score (nSPS) is 45.2. The number of hydrogen-bond acceptors (Lipinski definition) is 6. The summed E-state index contributed by atoms with van der Waals surface area (Å²) in [5.74, 6) is 0.286. The zero-order valence-corrected chi connectivity index (χ0v) is 13.1. The predicted molar refractivity (Wildman–Crippen MR) is 79.3 cm³/mol. The maximum Gasteiger partial charge on any atom is 0.186 e. The van der Waals surface area contributed by atoms with Crippen LogP contribution in [0.15, 0.2) is 30.3 Å². The highest BCUT2D eigenvalue weighted by Gasteiger charge is 2.71. The second-order valence-electron chi connectivity index (χ2n) is 6.72. The molecule has 6 atom stereocenters. The van der Waals surface area contributed by atoms with Crippen LogP contribution in [0.4, 0.5) is 0 Å². The summed E-state index contributed by atoms with van der Waals surface area (Å²) in [6, 6.07) is 10.2. The van der Waals surface area contributed by atoms with Gasteiger partial charge in [-0.2, -0.15) is 5.06 Å². The third-order valence-electron chi connectivity index (χ3n) is 5.65. The van der Waals surface area contributed by atoms with Crippen molar-refractivity contribution in [2.75, 3.05) is 26.9 Å². The van der Waals surface area contributed by atoms with Crippen LogP contribution in [0, 0.1) is 5.92 Å². The fourth-order valence-electron chi connectivity index (χ4n) is 4.58. The Labute approximate surface area is 135 Å². The van der Waals surface area contributed by atoms with Gasteiger partial charge in [-0.1, -0.05) is 30.3 Å². The average molecular weight is 319 g/mol. The van der Waals surface area contributed by atoms with Gasteiger partial charge in [-0.05, 0) is 5.56 Å². The predicted octanol–water partition coefficient (Wildman–Crippen LogP) is 0.958. The first kappa shape index (κ1) is 14.3. The molecule has 0 aromatic heterocycles. The van der Waals surface area contributed by atoms with E-state index in [-0.39, 0.29) is 36.1 Å². The summed E-state index contributed by atoms with van der Waals surface area (Å²) in [5.41, 5.74) is 0.816. The standard InChI is InChI=1S/C17H21NO5/c1-18-17-12(9-22-18)8-20-14(17)13-10-21-16(23-13)15(17)19-7-11-5-3-2-4-6-11/h2-6,12-16H,7-10H2,1H3/t12-,13+,14-,15-,16-,17+/m1/s1. The molecule has 2 bridgehead atoms. The van der Waals surface area contributed by atoms with Gasteiger partial charge in [-0.25, -0.2) is 0 Å². The van der Waals surface area contributed by atoms with Crippen molar-refractivity contribution < 1.29 is 23.8 Å². The Kier molecular flexibility index (Phi) is 3.27. The fourth-order valence-corrected chi connectivity index (χ4v) is 4.58. The maximum absolute atomic E-state index is 6.34. The number of nitrogens with zero attached hydrogens (tertiary/aromatic N) is 1. The van der Waals surface area contributed by atoms with Gasteiger partial charge in [0.25, 0.3) is 0 Å². The van der Waals surface area contributed by atoms with Crippen molar-refractivity contribution in [3.63, 3.8) is 0 Å². The van der Waals surface area contributed by atoms with Gasteiger partial charge in [-0.15, -0.1) is 0 Å². The topological polar surface area (TPSA) is 49.4 Å². The van der Waals surface area contributed by atoms with Crippen LogP contribution in [0.5, 0.6) is 0 Å². The van der Waals surface area contributed by atoms with E-state index in [1.165, 1.54) is 0 Å². The first-order chi connectivity index (χ1) is 11.3. The lowest BCUT2D eigenvalue weighted by Crippen LogP contribution is -2.69. The van der Waals surface area contributed by atoms with Crippen LogP contribution in [0.3, 0.4) is 0 Å². The Hall–Kier alpha value is -1.02. The summed E-state index contributed by atoms with van der Waals surface area (Å²) in [6.45, 7) is 2.43. The van der Waals surface area contributed by atoms with Gasteiger partial charge in [0.1, 0.15) is 23.9 Å². The molecule has 1 aromatic rings. The van der Waals surface area contributed by atoms with E-state index in [4.69, 9.17) is 23.8 Å². The number of hydroxylamine groups is 2. The molecule has 0 amide bonds. The van der Waals surface area contributed by atoms with Crippen molar-refractivity contribution in [2.24, 2.45) is 5.92 Å². The molecule has 0 unspecified atom stereocenters. The third-order valence-corrected chi connectivity index (χ3v) is 5.65. The minimum Gasteiger partial charge on any atom is -0.373 e. The smallest absolute Gasteiger partial charge is 0.186 e. The molecule has 5 rings (SSSR count). The molecule has 4 saturated heterocycles. The highest BCUT2D eigenvalue weighted by atomic mass is 16.8. The number of benzene rings is 1. The van der Waals surface area contributed by atoms with Crippen molar-refractivity contribution in [1.82, 2.24) is 5.06 Å². The van der Waals surface area contributed by atoms with Crippen molar-refractivity contribution in [3.05, 3.63) is 35.9 Å². The monoisotopic (exact) mass is 319 g/mol. The molecule has 6 heteroatoms. The summed E-state index contributed by atoms with van der Waals surface area (Å²) in [7, 11) is 1.98. The molecule has 1 aromatic carbocycles. The Morgan fingerprint density at radius 1 is 1.17 bits per heavy atom. The molecule has 1 spiro atoms. The number of ether oxygens (including phenoxy) is 4. The van der Waals surface area contributed by atoms with E-state index in [0.29, 0.717) is 26.4 Å². The van der Waals surface area contributed by atoms with Crippen LogP contribution in [-0.2, 0) is 30.4 Å². The second kappa shape index (κ2) is 5.24. The van der Waals surface area contributed by atoms with Crippen LogP contribution in [0.2, 0.25) is 0 Å². The van der Waals surface area contributed by atoms with Crippen LogP contribution in [0.1, 0.15) is 5.56 Å². The van der Waals surface area contributed by atoms with Crippen molar-refractivity contribution in [2.45, 2.75) is 36.7 Å². The number of fused-ring (bicyclic) bond motifs is 3. The van der Waals surface area contributed by atoms with E-state index in [1.807, 2.05) is 30.3 Å². The molecule has 6 nitrogen and oxygen atoms in total. The molecule has 4 heterocycles. The van der Waals surface area contributed by atoms with Crippen LogP contribution in [0.25, 0.3) is 0 Å². The first-order valence-electron chi connectivity index (χ1n) is 8.21. The van der Waals surface area contributed by atoms with Gasteiger partial charge in [0.05, 0.1) is 26.4 Å². The minimum absolute atomic E-state index is 0.0364. The largest absolute Gasteiger partial charge is 0.373 e. The average Bonchev–Trinajstić information content (AvgIpc) is 3.24. The van der Waals surface area contributed by atoms with Gasteiger partial charge >= 0.3 is 0 Å². The molecule has 4 aliphatic rings.